The lowest BCUT2D eigenvalue weighted by molar-refractivity contribution is -0.0569. The molecule has 1 spiro atoms. The number of aromatic nitrogens is 1. The van der Waals surface area contributed by atoms with Crippen LogP contribution in [0.25, 0.3) is 0 Å². The molecule has 4 nitrogen and oxygen atoms in total. The van der Waals surface area contributed by atoms with Crippen molar-refractivity contribution < 1.29 is 10.2 Å². The summed E-state index contributed by atoms with van der Waals surface area (Å²) in [7, 11) is 0. The lowest BCUT2D eigenvalue weighted by Gasteiger charge is -2.40. The Morgan fingerprint density at radius 3 is 2.88 bits per heavy atom. The Morgan fingerprint density at radius 1 is 1.41 bits per heavy atom. The monoisotopic (exact) mass is 234 g/mol. The van der Waals surface area contributed by atoms with E-state index >= 15 is 0 Å². The predicted octanol–water partition coefficient (Wildman–Crippen LogP) is 0.0979. The molecule has 1 aliphatic carbocycles. The molecule has 92 valence electrons. The second-order valence-corrected chi connectivity index (χ2v) is 5.27. The summed E-state index contributed by atoms with van der Waals surface area (Å²) in [6.45, 7) is 0.505. The van der Waals surface area contributed by atoms with Gasteiger partial charge >= 0.3 is 0 Å². The van der Waals surface area contributed by atoms with E-state index in [4.69, 9.17) is 0 Å². The first-order valence-electron chi connectivity index (χ1n) is 6.21. The highest BCUT2D eigenvalue weighted by atomic mass is 16.3. The summed E-state index contributed by atoms with van der Waals surface area (Å²) in [5, 5.41) is 23.3. The third-order valence-electron chi connectivity index (χ3n) is 4.15. The molecule has 1 aliphatic heterocycles. The third kappa shape index (κ3) is 1.97. The quantitative estimate of drug-likeness (QED) is 0.679. The maximum Gasteiger partial charge on any atom is 0.0926 e. The lowest BCUT2D eigenvalue weighted by atomic mass is 9.80. The Hall–Kier alpha value is -0.970. The molecule has 1 aromatic heterocycles. The molecule has 1 saturated heterocycles. The zero-order chi connectivity index (χ0) is 11.9. The Kier molecular flexibility index (Phi) is 2.65. The Balaban J connectivity index is 1.79. The molecule has 2 aliphatic rings. The van der Waals surface area contributed by atoms with Crippen molar-refractivity contribution in [2.45, 2.75) is 37.0 Å². The molecular weight excluding hydrogens is 216 g/mol. The first-order chi connectivity index (χ1) is 8.21. The first-order valence-corrected chi connectivity index (χ1v) is 6.21. The fourth-order valence-electron chi connectivity index (χ4n) is 2.93. The van der Waals surface area contributed by atoms with Crippen molar-refractivity contribution in [1.29, 1.82) is 0 Å². The SMILES string of the molecule is OC1CNC2(CC2)C(Cc2cccnc2)C1O. The fourth-order valence-corrected chi connectivity index (χ4v) is 2.93. The van der Waals surface area contributed by atoms with E-state index < -0.39 is 12.2 Å². The van der Waals surface area contributed by atoms with E-state index in [9.17, 15) is 10.2 Å². The second-order valence-electron chi connectivity index (χ2n) is 5.27. The molecule has 0 amide bonds. The van der Waals surface area contributed by atoms with Gasteiger partial charge in [0, 0.05) is 30.4 Å². The highest BCUT2D eigenvalue weighted by Gasteiger charge is 2.55. The normalized spacial score (nSPS) is 34.8. The Labute approximate surface area is 101 Å². The number of pyridine rings is 1. The van der Waals surface area contributed by atoms with E-state index in [1.807, 2.05) is 18.3 Å². The largest absolute Gasteiger partial charge is 0.390 e. The molecule has 0 radical (unpaired) electrons. The molecule has 3 unspecified atom stereocenters. The molecule has 3 rings (SSSR count). The van der Waals surface area contributed by atoms with Crippen LogP contribution in [0.5, 0.6) is 0 Å². The zero-order valence-corrected chi connectivity index (χ0v) is 9.71. The molecule has 0 bridgehead atoms. The predicted molar refractivity (Wildman–Crippen MR) is 63.4 cm³/mol. The molecule has 3 atom stereocenters. The van der Waals surface area contributed by atoms with Crippen LogP contribution in [0.1, 0.15) is 18.4 Å². The molecule has 3 N–H and O–H groups in total. The standard InChI is InChI=1S/C13H18N2O2/c16-11-8-15-13(3-4-13)10(12(11)17)6-9-2-1-5-14-7-9/h1-2,5,7,10-12,15-17H,3-4,6,8H2. The van der Waals surface area contributed by atoms with Crippen molar-refractivity contribution in [3.8, 4) is 0 Å². The molecule has 2 heterocycles. The van der Waals surface area contributed by atoms with Gasteiger partial charge in [-0.3, -0.25) is 4.98 Å². The van der Waals surface area contributed by atoms with Gasteiger partial charge in [-0.2, -0.15) is 0 Å². The molecule has 0 aromatic carbocycles. The molecule has 4 heteroatoms. The van der Waals surface area contributed by atoms with Crippen LogP contribution >= 0.6 is 0 Å². The minimum Gasteiger partial charge on any atom is -0.390 e. The summed E-state index contributed by atoms with van der Waals surface area (Å²) >= 11 is 0. The Bertz CT molecular complexity index is 392. The van der Waals surface area contributed by atoms with Crippen LogP contribution in [-0.2, 0) is 6.42 Å². The van der Waals surface area contributed by atoms with Gasteiger partial charge in [0.05, 0.1) is 12.2 Å². The topological polar surface area (TPSA) is 65.4 Å². The van der Waals surface area contributed by atoms with Crippen LogP contribution in [-0.4, -0.2) is 39.5 Å². The summed E-state index contributed by atoms with van der Waals surface area (Å²) in [4.78, 5) is 4.10. The number of hydrogen-bond donors (Lipinski definition) is 3. The summed E-state index contributed by atoms with van der Waals surface area (Å²) in [6.07, 6.45) is 5.29. The van der Waals surface area contributed by atoms with E-state index in [0.29, 0.717) is 6.54 Å². The molecule has 2 fully saturated rings. The number of aliphatic hydroxyl groups excluding tert-OH is 2. The second kappa shape index (κ2) is 4.05. The van der Waals surface area contributed by atoms with E-state index in [1.165, 1.54) is 0 Å². The number of nitrogens with zero attached hydrogens (tertiary/aromatic N) is 1. The van der Waals surface area contributed by atoms with Crippen molar-refractivity contribution in [3.63, 3.8) is 0 Å². The van der Waals surface area contributed by atoms with E-state index in [0.717, 1.165) is 24.8 Å². The van der Waals surface area contributed by atoms with Gasteiger partial charge in [0.25, 0.3) is 0 Å². The smallest absolute Gasteiger partial charge is 0.0926 e. The number of hydrogen-bond acceptors (Lipinski definition) is 4. The first kappa shape index (κ1) is 11.1. The van der Waals surface area contributed by atoms with Crippen LogP contribution in [0.4, 0.5) is 0 Å². The van der Waals surface area contributed by atoms with Crippen molar-refractivity contribution in [3.05, 3.63) is 30.1 Å². The van der Waals surface area contributed by atoms with E-state index in [-0.39, 0.29) is 11.5 Å². The van der Waals surface area contributed by atoms with Crippen LogP contribution in [0.15, 0.2) is 24.5 Å². The van der Waals surface area contributed by atoms with Gasteiger partial charge in [-0.1, -0.05) is 6.07 Å². The average molecular weight is 234 g/mol. The third-order valence-corrected chi connectivity index (χ3v) is 4.15. The summed E-state index contributed by atoms with van der Waals surface area (Å²) in [6, 6.07) is 3.94. The number of rotatable bonds is 2. The fraction of sp³-hybridized carbons (Fsp3) is 0.615. The average Bonchev–Trinajstić information content (AvgIpc) is 3.13. The van der Waals surface area contributed by atoms with Crippen molar-refractivity contribution >= 4 is 0 Å². The van der Waals surface area contributed by atoms with Crippen LogP contribution in [0, 0.1) is 5.92 Å². The molecular formula is C13H18N2O2. The number of aliphatic hydroxyl groups is 2. The number of nitrogens with one attached hydrogen (secondary N) is 1. The lowest BCUT2D eigenvalue weighted by Crippen LogP contribution is -2.58. The van der Waals surface area contributed by atoms with Gasteiger partial charge in [0.1, 0.15) is 0 Å². The molecule has 17 heavy (non-hydrogen) atoms. The Morgan fingerprint density at radius 2 is 2.24 bits per heavy atom. The summed E-state index contributed by atoms with van der Waals surface area (Å²) in [5.74, 6) is 0.0930. The van der Waals surface area contributed by atoms with Gasteiger partial charge in [-0.15, -0.1) is 0 Å². The van der Waals surface area contributed by atoms with Gasteiger partial charge in [-0.25, -0.2) is 0 Å². The number of β-amino-alcohol motifs (C(OH)–C–C–N with tert-alkyl or cyclic N) is 1. The van der Waals surface area contributed by atoms with Gasteiger partial charge in [-0.05, 0) is 30.9 Å². The zero-order valence-electron chi connectivity index (χ0n) is 9.71. The summed E-state index contributed by atoms with van der Waals surface area (Å²) in [5.41, 5.74) is 1.19. The van der Waals surface area contributed by atoms with Gasteiger partial charge in [0.15, 0.2) is 0 Å². The van der Waals surface area contributed by atoms with Crippen molar-refractivity contribution in [2.24, 2.45) is 5.92 Å². The van der Waals surface area contributed by atoms with E-state index in [2.05, 4.69) is 10.3 Å². The van der Waals surface area contributed by atoms with E-state index in [1.54, 1.807) is 6.20 Å². The van der Waals surface area contributed by atoms with Crippen LogP contribution in [0.3, 0.4) is 0 Å². The maximum atomic E-state index is 10.2. The van der Waals surface area contributed by atoms with Gasteiger partial charge in [0.2, 0.25) is 0 Å². The highest BCUT2D eigenvalue weighted by Crippen LogP contribution is 2.47. The van der Waals surface area contributed by atoms with Gasteiger partial charge < -0.3 is 15.5 Å². The molecule has 1 aromatic rings. The minimum atomic E-state index is -0.650. The summed E-state index contributed by atoms with van der Waals surface area (Å²) < 4.78 is 0. The van der Waals surface area contributed by atoms with Crippen LogP contribution in [0.2, 0.25) is 0 Å². The maximum absolute atomic E-state index is 10.2. The number of piperidine rings is 1. The van der Waals surface area contributed by atoms with Crippen molar-refractivity contribution in [2.75, 3.05) is 6.54 Å². The van der Waals surface area contributed by atoms with Crippen molar-refractivity contribution in [1.82, 2.24) is 10.3 Å². The highest BCUT2D eigenvalue weighted by molar-refractivity contribution is 5.18. The molecule has 1 saturated carbocycles. The van der Waals surface area contributed by atoms with Crippen LogP contribution < -0.4 is 5.32 Å². The minimum absolute atomic E-state index is 0.0640.